The van der Waals surface area contributed by atoms with Crippen LogP contribution in [0.3, 0.4) is 0 Å². The maximum atomic E-state index is 12.4. The first kappa shape index (κ1) is 15.3. The third-order valence-electron chi connectivity index (χ3n) is 3.76. The van der Waals surface area contributed by atoms with Gasteiger partial charge in [-0.25, -0.2) is 4.79 Å². The lowest BCUT2D eigenvalue weighted by Crippen LogP contribution is -2.45. The van der Waals surface area contributed by atoms with Crippen molar-refractivity contribution in [3.05, 3.63) is 41.5 Å². The van der Waals surface area contributed by atoms with Gasteiger partial charge in [-0.05, 0) is 36.1 Å². The van der Waals surface area contributed by atoms with Gasteiger partial charge in [-0.2, -0.15) is 0 Å². The number of amides is 1. The van der Waals surface area contributed by atoms with Crippen molar-refractivity contribution < 1.29 is 19.8 Å². The zero-order valence-electron chi connectivity index (χ0n) is 11.9. The van der Waals surface area contributed by atoms with Gasteiger partial charge in [0.25, 0.3) is 5.91 Å². The van der Waals surface area contributed by atoms with Gasteiger partial charge in [0.1, 0.15) is 0 Å². The molecule has 5 nitrogen and oxygen atoms in total. The Morgan fingerprint density at radius 2 is 2.14 bits per heavy atom. The van der Waals surface area contributed by atoms with Crippen molar-refractivity contribution in [2.75, 3.05) is 13.1 Å². The van der Waals surface area contributed by atoms with Crippen molar-refractivity contribution in [3.63, 3.8) is 0 Å². The molecule has 0 aliphatic carbocycles. The van der Waals surface area contributed by atoms with Crippen LogP contribution in [0.2, 0.25) is 0 Å². The van der Waals surface area contributed by atoms with Gasteiger partial charge >= 0.3 is 5.97 Å². The summed E-state index contributed by atoms with van der Waals surface area (Å²) in [6.45, 7) is 2.95. The summed E-state index contributed by atoms with van der Waals surface area (Å²) in [4.78, 5) is 24.6. The minimum absolute atomic E-state index is 0.133. The fourth-order valence-corrected chi connectivity index (χ4v) is 2.36. The molecule has 2 rings (SSSR count). The van der Waals surface area contributed by atoms with Gasteiger partial charge in [-0.1, -0.05) is 19.1 Å². The summed E-state index contributed by atoms with van der Waals surface area (Å²) < 4.78 is 0. The van der Waals surface area contributed by atoms with Crippen molar-refractivity contribution >= 4 is 18.0 Å². The van der Waals surface area contributed by atoms with Crippen LogP contribution in [0.25, 0.3) is 6.08 Å². The molecule has 1 heterocycles. The second-order valence-corrected chi connectivity index (χ2v) is 5.38. The van der Waals surface area contributed by atoms with Crippen molar-refractivity contribution in [1.82, 2.24) is 4.90 Å². The molecular weight excluding hydrogens is 270 g/mol. The Hall–Kier alpha value is -2.14. The van der Waals surface area contributed by atoms with Crippen LogP contribution in [-0.2, 0) is 4.79 Å². The van der Waals surface area contributed by atoms with Crippen LogP contribution in [0.5, 0.6) is 0 Å². The lowest BCUT2D eigenvalue weighted by Gasteiger charge is -2.34. The van der Waals surface area contributed by atoms with E-state index in [1.165, 1.54) is 6.08 Å². The van der Waals surface area contributed by atoms with Crippen molar-refractivity contribution in [3.8, 4) is 0 Å². The van der Waals surface area contributed by atoms with E-state index < -0.39 is 12.1 Å². The molecule has 1 aromatic rings. The number of likely N-dealkylation sites (tertiary alicyclic amines) is 1. The average Bonchev–Trinajstić information content (AvgIpc) is 2.47. The summed E-state index contributed by atoms with van der Waals surface area (Å²) in [6, 6.07) is 6.82. The Balaban J connectivity index is 2.12. The summed E-state index contributed by atoms with van der Waals surface area (Å²) in [7, 11) is 0. The molecule has 2 N–H and O–H groups in total. The smallest absolute Gasteiger partial charge is 0.328 e. The molecule has 1 fully saturated rings. The predicted molar refractivity (Wildman–Crippen MR) is 78.8 cm³/mol. The van der Waals surface area contributed by atoms with E-state index in [9.17, 15) is 14.7 Å². The van der Waals surface area contributed by atoms with Crippen LogP contribution in [0.4, 0.5) is 0 Å². The highest BCUT2D eigenvalue weighted by molar-refractivity contribution is 5.95. The molecule has 0 spiro atoms. The first-order chi connectivity index (χ1) is 9.97. The SMILES string of the molecule is CC1CCN(C(=O)c2cccc(/C=C/C(=O)O)c2)CC1O. The van der Waals surface area contributed by atoms with E-state index in [1.807, 2.05) is 6.92 Å². The summed E-state index contributed by atoms with van der Waals surface area (Å²) >= 11 is 0. The molecule has 2 unspecified atom stereocenters. The van der Waals surface area contributed by atoms with Crippen molar-refractivity contribution in [1.29, 1.82) is 0 Å². The van der Waals surface area contributed by atoms with Gasteiger partial charge in [0.15, 0.2) is 0 Å². The number of hydrogen-bond acceptors (Lipinski definition) is 3. The molecule has 2 atom stereocenters. The highest BCUT2D eigenvalue weighted by atomic mass is 16.4. The third-order valence-corrected chi connectivity index (χ3v) is 3.76. The fourth-order valence-electron chi connectivity index (χ4n) is 2.36. The number of β-amino-alcohol motifs (C(OH)–C–C–N with tert-alkyl or cyclic N) is 1. The van der Waals surface area contributed by atoms with E-state index >= 15 is 0 Å². The fraction of sp³-hybridized carbons (Fsp3) is 0.375. The van der Waals surface area contributed by atoms with E-state index in [0.717, 1.165) is 12.5 Å². The van der Waals surface area contributed by atoms with Gasteiger partial charge in [-0.3, -0.25) is 4.79 Å². The highest BCUT2D eigenvalue weighted by Crippen LogP contribution is 2.19. The Morgan fingerprint density at radius 3 is 2.81 bits per heavy atom. The molecule has 21 heavy (non-hydrogen) atoms. The topological polar surface area (TPSA) is 77.8 Å². The molecule has 0 aromatic heterocycles. The van der Waals surface area contributed by atoms with Crippen molar-refractivity contribution in [2.45, 2.75) is 19.4 Å². The Kier molecular flexibility index (Phi) is 4.75. The molecule has 1 aliphatic rings. The molecule has 1 aliphatic heterocycles. The largest absolute Gasteiger partial charge is 0.478 e. The van der Waals surface area contributed by atoms with Crippen LogP contribution < -0.4 is 0 Å². The standard InChI is InChI=1S/C16H19NO4/c1-11-7-8-17(10-14(11)18)16(21)13-4-2-3-12(9-13)5-6-15(19)20/h2-6,9,11,14,18H,7-8,10H2,1H3,(H,19,20)/b6-5+. The summed E-state index contributed by atoms with van der Waals surface area (Å²) in [6.07, 6.45) is 2.78. The van der Waals surface area contributed by atoms with E-state index in [-0.39, 0.29) is 11.8 Å². The number of hydrogen-bond donors (Lipinski definition) is 2. The van der Waals surface area contributed by atoms with Crippen LogP contribution in [0, 0.1) is 5.92 Å². The number of aliphatic carboxylic acids is 1. The van der Waals surface area contributed by atoms with Gasteiger partial charge in [0, 0.05) is 24.7 Å². The second kappa shape index (κ2) is 6.54. The molecule has 1 saturated heterocycles. The lowest BCUT2D eigenvalue weighted by molar-refractivity contribution is -0.131. The summed E-state index contributed by atoms with van der Waals surface area (Å²) in [5.74, 6) is -0.953. The van der Waals surface area contributed by atoms with E-state index in [4.69, 9.17) is 5.11 Å². The van der Waals surface area contributed by atoms with E-state index in [0.29, 0.717) is 24.2 Å². The molecular formula is C16H19NO4. The molecule has 0 saturated carbocycles. The van der Waals surface area contributed by atoms with Crippen LogP contribution in [0.1, 0.15) is 29.3 Å². The number of carbonyl (C=O) groups is 2. The maximum absolute atomic E-state index is 12.4. The average molecular weight is 289 g/mol. The Morgan fingerprint density at radius 1 is 1.38 bits per heavy atom. The number of nitrogens with zero attached hydrogens (tertiary/aromatic N) is 1. The number of rotatable bonds is 3. The minimum atomic E-state index is -1.03. The number of piperidine rings is 1. The Labute approximate surface area is 123 Å². The zero-order valence-corrected chi connectivity index (χ0v) is 11.9. The number of carboxylic acids is 1. The highest BCUT2D eigenvalue weighted by Gasteiger charge is 2.27. The Bertz CT molecular complexity index is 567. The number of aliphatic hydroxyl groups is 1. The number of carbonyl (C=O) groups excluding carboxylic acids is 1. The normalized spacial score (nSPS) is 22.5. The molecule has 0 radical (unpaired) electrons. The van der Waals surface area contributed by atoms with Gasteiger partial charge in [0.2, 0.25) is 0 Å². The molecule has 5 heteroatoms. The first-order valence-corrected chi connectivity index (χ1v) is 6.96. The zero-order chi connectivity index (χ0) is 15.4. The monoisotopic (exact) mass is 289 g/mol. The third kappa shape index (κ3) is 3.92. The first-order valence-electron chi connectivity index (χ1n) is 6.96. The van der Waals surface area contributed by atoms with Gasteiger partial charge in [0.05, 0.1) is 6.10 Å². The van der Waals surface area contributed by atoms with Gasteiger partial charge in [-0.15, -0.1) is 0 Å². The number of aliphatic hydroxyl groups excluding tert-OH is 1. The summed E-state index contributed by atoms with van der Waals surface area (Å²) in [5, 5.41) is 18.5. The van der Waals surface area contributed by atoms with Crippen molar-refractivity contribution in [2.24, 2.45) is 5.92 Å². The lowest BCUT2D eigenvalue weighted by atomic mass is 9.95. The second-order valence-electron chi connectivity index (χ2n) is 5.38. The quantitative estimate of drug-likeness (QED) is 0.829. The van der Waals surface area contributed by atoms with E-state index in [1.54, 1.807) is 29.2 Å². The maximum Gasteiger partial charge on any atom is 0.328 e. The number of benzene rings is 1. The molecule has 1 amide bonds. The van der Waals surface area contributed by atoms with Crippen LogP contribution in [0.15, 0.2) is 30.3 Å². The number of carboxylic acid groups (broad SMARTS) is 1. The molecule has 0 bridgehead atoms. The van der Waals surface area contributed by atoms with Gasteiger partial charge < -0.3 is 15.1 Å². The van der Waals surface area contributed by atoms with Crippen LogP contribution in [-0.4, -0.2) is 46.2 Å². The molecule has 112 valence electrons. The van der Waals surface area contributed by atoms with E-state index in [2.05, 4.69) is 0 Å². The minimum Gasteiger partial charge on any atom is -0.478 e. The van der Waals surface area contributed by atoms with Crippen LogP contribution >= 0.6 is 0 Å². The predicted octanol–water partition coefficient (Wildman–Crippen LogP) is 1.63. The summed E-state index contributed by atoms with van der Waals surface area (Å²) in [5.41, 5.74) is 1.17. The molecule has 1 aromatic carbocycles.